The Bertz CT molecular complexity index is 941. The van der Waals surface area contributed by atoms with Gasteiger partial charge in [0.15, 0.2) is 0 Å². The Morgan fingerprint density at radius 2 is 1.42 bits per heavy atom. The zero-order valence-corrected chi connectivity index (χ0v) is 14.7. The third-order valence-electron chi connectivity index (χ3n) is 3.76. The molecule has 0 unspecified atom stereocenters. The molecule has 0 radical (unpaired) electrons. The molecule has 3 aromatic rings. The summed E-state index contributed by atoms with van der Waals surface area (Å²) in [4.78, 5) is 0.235. The van der Waals surface area contributed by atoms with Crippen molar-refractivity contribution in [3.63, 3.8) is 0 Å². The number of ether oxygens (including phenoxy) is 1. The second kappa shape index (κ2) is 8.12. The largest absolute Gasteiger partial charge is 0.489 e. The van der Waals surface area contributed by atoms with Crippen molar-refractivity contribution in [2.24, 2.45) is 0 Å². The first-order valence-corrected chi connectivity index (χ1v) is 9.52. The molecule has 0 amide bonds. The Labute approximate surface area is 152 Å². The molecule has 3 aromatic carbocycles. The number of benzene rings is 3. The lowest BCUT2D eigenvalue weighted by Crippen LogP contribution is -2.23. The lowest BCUT2D eigenvalue weighted by molar-refractivity contribution is 0.306. The highest BCUT2D eigenvalue weighted by molar-refractivity contribution is 7.89. The van der Waals surface area contributed by atoms with Crippen LogP contribution in [-0.2, 0) is 23.2 Å². The Balaban J connectivity index is 1.55. The molecule has 0 atom stereocenters. The Kier molecular flexibility index (Phi) is 5.65. The van der Waals surface area contributed by atoms with Crippen LogP contribution < -0.4 is 9.46 Å². The van der Waals surface area contributed by atoms with Gasteiger partial charge in [0.2, 0.25) is 10.0 Å². The van der Waals surface area contributed by atoms with Gasteiger partial charge in [-0.25, -0.2) is 17.5 Å². The van der Waals surface area contributed by atoms with Crippen LogP contribution >= 0.6 is 0 Å². The maximum atomic E-state index is 12.9. The van der Waals surface area contributed by atoms with E-state index < -0.39 is 10.0 Å². The second-order valence-electron chi connectivity index (χ2n) is 5.70. The number of nitrogens with one attached hydrogen (secondary N) is 1. The van der Waals surface area contributed by atoms with Crippen LogP contribution in [0.4, 0.5) is 4.39 Å². The quantitative estimate of drug-likeness (QED) is 0.686. The number of hydrogen-bond donors (Lipinski definition) is 1. The van der Waals surface area contributed by atoms with E-state index in [-0.39, 0.29) is 17.3 Å². The molecular formula is C20H18FNO3S. The van der Waals surface area contributed by atoms with Crippen molar-refractivity contribution in [3.8, 4) is 5.75 Å². The average molecular weight is 371 g/mol. The second-order valence-corrected chi connectivity index (χ2v) is 7.46. The van der Waals surface area contributed by atoms with Gasteiger partial charge in [-0.2, -0.15) is 0 Å². The van der Waals surface area contributed by atoms with Crippen LogP contribution in [0, 0.1) is 5.82 Å². The van der Waals surface area contributed by atoms with E-state index in [9.17, 15) is 12.8 Å². The standard InChI is InChI=1S/C20H18FNO3S/c21-18-10-6-17(7-11-18)15-25-19-12-8-16(9-13-19)14-22-26(23,24)20-4-2-1-3-5-20/h1-13,22H,14-15H2. The van der Waals surface area contributed by atoms with Crippen molar-refractivity contribution in [1.82, 2.24) is 4.72 Å². The Morgan fingerprint density at radius 1 is 0.808 bits per heavy atom. The van der Waals surface area contributed by atoms with Crippen molar-refractivity contribution in [2.75, 3.05) is 0 Å². The molecule has 4 nitrogen and oxygen atoms in total. The van der Waals surface area contributed by atoms with Crippen molar-refractivity contribution in [2.45, 2.75) is 18.0 Å². The highest BCUT2D eigenvalue weighted by Gasteiger charge is 2.12. The van der Waals surface area contributed by atoms with Crippen molar-refractivity contribution in [3.05, 3.63) is 95.8 Å². The first kappa shape index (κ1) is 18.1. The van der Waals surface area contributed by atoms with Crippen LogP contribution in [-0.4, -0.2) is 8.42 Å². The lowest BCUT2D eigenvalue weighted by atomic mass is 10.2. The molecule has 0 spiro atoms. The van der Waals surface area contributed by atoms with Crippen LogP contribution in [0.15, 0.2) is 83.8 Å². The number of rotatable bonds is 7. The molecule has 0 saturated heterocycles. The van der Waals surface area contributed by atoms with E-state index in [1.165, 1.54) is 12.1 Å². The predicted molar refractivity (Wildman–Crippen MR) is 97.6 cm³/mol. The minimum atomic E-state index is -3.53. The summed E-state index contributed by atoms with van der Waals surface area (Å²) in [6.07, 6.45) is 0. The SMILES string of the molecule is O=S(=O)(NCc1ccc(OCc2ccc(F)cc2)cc1)c1ccccc1. The van der Waals surface area contributed by atoms with E-state index in [0.717, 1.165) is 11.1 Å². The summed E-state index contributed by atoms with van der Waals surface area (Å²) in [6.45, 7) is 0.524. The van der Waals surface area contributed by atoms with Gasteiger partial charge in [0.25, 0.3) is 0 Å². The van der Waals surface area contributed by atoms with Gasteiger partial charge in [-0.1, -0.05) is 42.5 Å². The third kappa shape index (κ3) is 4.91. The molecule has 0 bridgehead atoms. The predicted octanol–water partition coefficient (Wildman–Crippen LogP) is 3.88. The normalized spacial score (nSPS) is 11.3. The molecule has 0 fully saturated rings. The fourth-order valence-electron chi connectivity index (χ4n) is 2.31. The van der Waals surface area contributed by atoms with Gasteiger partial charge < -0.3 is 4.74 Å². The summed E-state index contributed by atoms with van der Waals surface area (Å²) < 4.78 is 45.5. The number of halogens is 1. The van der Waals surface area contributed by atoms with Gasteiger partial charge in [-0.15, -0.1) is 0 Å². The Hall–Kier alpha value is -2.70. The minimum absolute atomic E-state index is 0.190. The van der Waals surface area contributed by atoms with Crippen LogP contribution in [0.1, 0.15) is 11.1 Å². The van der Waals surface area contributed by atoms with E-state index in [1.54, 1.807) is 66.7 Å². The summed E-state index contributed by atoms with van der Waals surface area (Å²) in [5.74, 6) is 0.375. The topological polar surface area (TPSA) is 55.4 Å². The van der Waals surface area contributed by atoms with E-state index in [4.69, 9.17) is 4.74 Å². The summed E-state index contributed by atoms with van der Waals surface area (Å²) in [5.41, 5.74) is 1.68. The molecule has 0 aliphatic rings. The van der Waals surface area contributed by atoms with Crippen molar-refractivity contribution < 1.29 is 17.5 Å². The summed E-state index contributed by atoms with van der Waals surface area (Å²) in [5, 5.41) is 0. The molecular weight excluding hydrogens is 353 g/mol. The Morgan fingerprint density at radius 3 is 2.08 bits per heavy atom. The molecule has 26 heavy (non-hydrogen) atoms. The summed E-state index contributed by atoms with van der Waals surface area (Å²) in [6, 6.07) is 21.5. The summed E-state index contributed by atoms with van der Waals surface area (Å²) >= 11 is 0. The molecule has 1 N–H and O–H groups in total. The number of sulfonamides is 1. The molecule has 3 rings (SSSR count). The van der Waals surface area contributed by atoms with E-state index >= 15 is 0 Å². The molecule has 134 valence electrons. The fourth-order valence-corrected chi connectivity index (χ4v) is 3.35. The molecule has 0 aromatic heterocycles. The highest BCUT2D eigenvalue weighted by Crippen LogP contribution is 2.15. The van der Waals surface area contributed by atoms with Crippen LogP contribution in [0.2, 0.25) is 0 Å². The van der Waals surface area contributed by atoms with Crippen molar-refractivity contribution in [1.29, 1.82) is 0 Å². The molecule has 0 heterocycles. The first-order chi connectivity index (χ1) is 12.5. The molecule has 6 heteroatoms. The van der Waals surface area contributed by atoms with Gasteiger partial charge in [0, 0.05) is 6.54 Å². The highest BCUT2D eigenvalue weighted by atomic mass is 32.2. The van der Waals surface area contributed by atoms with E-state index in [2.05, 4.69) is 4.72 Å². The molecule has 0 aliphatic heterocycles. The maximum Gasteiger partial charge on any atom is 0.240 e. The number of hydrogen-bond acceptors (Lipinski definition) is 3. The summed E-state index contributed by atoms with van der Waals surface area (Å²) in [7, 11) is -3.53. The van der Waals surface area contributed by atoms with Gasteiger partial charge in [0.05, 0.1) is 4.90 Å². The minimum Gasteiger partial charge on any atom is -0.489 e. The fraction of sp³-hybridized carbons (Fsp3) is 0.100. The maximum absolute atomic E-state index is 12.9. The van der Waals surface area contributed by atoms with Gasteiger partial charge in [-0.05, 0) is 47.5 Å². The van der Waals surface area contributed by atoms with Gasteiger partial charge in [0.1, 0.15) is 18.2 Å². The van der Waals surface area contributed by atoms with Crippen LogP contribution in [0.3, 0.4) is 0 Å². The lowest BCUT2D eigenvalue weighted by Gasteiger charge is -2.09. The van der Waals surface area contributed by atoms with E-state index in [0.29, 0.717) is 12.4 Å². The monoisotopic (exact) mass is 371 g/mol. The van der Waals surface area contributed by atoms with Gasteiger partial charge in [-0.3, -0.25) is 0 Å². The van der Waals surface area contributed by atoms with Crippen molar-refractivity contribution >= 4 is 10.0 Å². The van der Waals surface area contributed by atoms with E-state index in [1.807, 2.05) is 0 Å². The third-order valence-corrected chi connectivity index (χ3v) is 5.18. The molecule has 0 saturated carbocycles. The zero-order valence-electron chi connectivity index (χ0n) is 13.9. The van der Waals surface area contributed by atoms with Crippen LogP contribution in [0.25, 0.3) is 0 Å². The van der Waals surface area contributed by atoms with Gasteiger partial charge >= 0.3 is 0 Å². The first-order valence-electron chi connectivity index (χ1n) is 8.04. The molecule has 0 aliphatic carbocycles. The van der Waals surface area contributed by atoms with Crippen LogP contribution in [0.5, 0.6) is 5.75 Å². The average Bonchev–Trinajstić information content (AvgIpc) is 2.67. The zero-order chi connectivity index (χ0) is 18.4. The smallest absolute Gasteiger partial charge is 0.240 e.